The topological polar surface area (TPSA) is 12.9 Å². The summed E-state index contributed by atoms with van der Waals surface area (Å²) in [6, 6.07) is 0. The fourth-order valence-corrected chi connectivity index (χ4v) is 1.92. The molecule has 0 spiro atoms. The van der Waals surface area contributed by atoms with Gasteiger partial charge in [-0.3, -0.25) is 0 Å². The maximum Gasteiger partial charge on any atom is 0.0954 e. The van der Waals surface area contributed by atoms with E-state index in [9.17, 15) is 0 Å². The van der Waals surface area contributed by atoms with E-state index in [1.54, 1.807) is 11.3 Å². The molecule has 0 aromatic carbocycles. The van der Waals surface area contributed by atoms with Gasteiger partial charge >= 0.3 is 0 Å². The molecule has 0 fully saturated rings. The van der Waals surface area contributed by atoms with Crippen LogP contribution in [-0.4, -0.2) is 4.98 Å². The summed E-state index contributed by atoms with van der Waals surface area (Å²) in [4.78, 5) is 4.53. The molecule has 0 atom stereocenters. The highest BCUT2D eigenvalue weighted by atomic mass is 32.1. The molecule has 0 amide bonds. The minimum absolute atomic E-state index is 0.232. The molecule has 1 aromatic rings. The Morgan fingerprint density at radius 1 is 1.54 bits per heavy atom. The first-order valence-corrected chi connectivity index (χ1v) is 5.29. The minimum Gasteiger partial charge on any atom is -0.244 e. The molecule has 0 radical (unpaired) electrons. The summed E-state index contributed by atoms with van der Waals surface area (Å²) in [5.74, 6) is 3.25. The van der Waals surface area contributed by atoms with Crippen molar-refractivity contribution in [3.05, 3.63) is 16.1 Å². The molecule has 2 heteroatoms. The van der Waals surface area contributed by atoms with Crippen molar-refractivity contribution in [2.45, 2.75) is 39.0 Å². The van der Waals surface area contributed by atoms with Crippen molar-refractivity contribution in [3.63, 3.8) is 0 Å². The lowest BCUT2D eigenvalue weighted by Crippen LogP contribution is -2.14. The van der Waals surface area contributed by atoms with E-state index < -0.39 is 0 Å². The van der Waals surface area contributed by atoms with Gasteiger partial charge in [0.2, 0.25) is 0 Å². The van der Waals surface area contributed by atoms with E-state index in [4.69, 9.17) is 6.42 Å². The van der Waals surface area contributed by atoms with Crippen LogP contribution >= 0.6 is 11.3 Å². The summed E-state index contributed by atoms with van der Waals surface area (Å²) in [6.07, 6.45) is 5.44. The third-order valence-corrected chi connectivity index (χ3v) is 3.16. The summed E-state index contributed by atoms with van der Waals surface area (Å²) in [6.45, 7) is 8.33. The molecule has 70 valence electrons. The van der Waals surface area contributed by atoms with Gasteiger partial charge in [0.15, 0.2) is 0 Å². The normalized spacial score (nSPS) is 11.7. The van der Waals surface area contributed by atoms with Crippen LogP contribution in [0.5, 0.6) is 0 Å². The van der Waals surface area contributed by atoms with Gasteiger partial charge in [-0.25, -0.2) is 4.98 Å². The third-order valence-electron chi connectivity index (χ3n) is 2.02. The lowest BCUT2D eigenvalue weighted by atomic mass is 9.91. The van der Waals surface area contributed by atoms with Gasteiger partial charge in [0.1, 0.15) is 0 Å². The smallest absolute Gasteiger partial charge is 0.0954 e. The number of hydrogen-bond acceptors (Lipinski definition) is 2. The van der Waals surface area contributed by atoms with E-state index in [-0.39, 0.29) is 5.41 Å². The van der Waals surface area contributed by atoms with Gasteiger partial charge in [-0.05, 0) is 13.8 Å². The number of terminal acetylenes is 1. The first kappa shape index (κ1) is 10.3. The molecular formula is C11H15NS. The number of rotatable bonds is 2. The molecule has 0 aliphatic carbocycles. The molecule has 0 saturated carbocycles. The van der Waals surface area contributed by atoms with Gasteiger partial charge in [0.25, 0.3) is 0 Å². The van der Waals surface area contributed by atoms with Crippen molar-refractivity contribution in [2.24, 2.45) is 0 Å². The summed E-state index contributed by atoms with van der Waals surface area (Å²) >= 11 is 1.69. The van der Waals surface area contributed by atoms with Crippen molar-refractivity contribution < 1.29 is 0 Å². The molecule has 1 rings (SSSR count). The van der Waals surface area contributed by atoms with E-state index in [2.05, 4.69) is 30.1 Å². The van der Waals surface area contributed by atoms with E-state index in [1.807, 2.05) is 13.8 Å². The molecule has 0 N–H and O–H groups in total. The molecule has 0 saturated heterocycles. The maximum absolute atomic E-state index is 5.44. The third kappa shape index (κ3) is 2.10. The predicted molar refractivity (Wildman–Crippen MR) is 58.1 cm³/mol. The second kappa shape index (κ2) is 3.51. The molecule has 1 nitrogen and oxygen atoms in total. The molecule has 1 heterocycles. The highest BCUT2D eigenvalue weighted by molar-refractivity contribution is 7.09. The van der Waals surface area contributed by atoms with Crippen LogP contribution in [0, 0.1) is 12.3 Å². The van der Waals surface area contributed by atoms with Crippen LogP contribution in [0.2, 0.25) is 0 Å². The van der Waals surface area contributed by atoms with Gasteiger partial charge in [-0.2, -0.15) is 0 Å². The highest BCUT2D eigenvalue weighted by Crippen LogP contribution is 2.27. The molecule has 0 aliphatic heterocycles. The Balaban J connectivity index is 3.00. The second-order valence-electron chi connectivity index (χ2n) is 4.00. The van der Waals surface area contributed by atoms with Gasteiger partial charge < -0.3 is 0 Å². The summed E-state index contributed by atoms with van der Waals surface area (Å²) in [5, 5.41) is 3.23. The Morgan fingerprint density at radius 3 is 2.54 bits per heavy atom. The zero-order valence-electron chi connectivity index (χ0n) is 8.59. The van der Waals surface area contributed by atoms with Crippen LogP contribution < -0.4 is 0 Å². The Kier molecular flexibility index (Phi) is 2.77. The van der Waals surface area contributed by atoms with Crippen molar-refractivity contribution in [3.8, 4) is 12.3 Å². The Hall–Kier alpha value is -0.810. The van der Waals surface area contributed by atoms with Gasteiger partial charge in [-0.15, -0.1) is 17.8 Å². The summed E-state index contributed by atoms with van der Waals surface area (Å²) in [5.41, 5.74) is 0.785. The van der Waals surface area contributed by atoms with Gasteiger partial charge in [-0.1, -0.05) is 19.8 Å². The number of aromatic nitrogens is 1. The standard InChI is InChI=1S/C11H15NS/c1-6-11(4,5)9-7-13-10(12-9)8(2)3/h1,7-8H,2-5H3. The van der Waals surface area contributed by atoms with Gasteiger partial charge in [0, 0.05) is 11.3 Å². The molecule has 0 unspecified atom stereocenters. The Bertz CT molecular complexity index is 328. The Labute approximate surface area is 84.2 Å². The molecule has 0 aliphatic rings. The minimum atomic E-state index is -0.232. The average molecular weight is 193 g/mol. The lowest BCUT2D eigenvalue weighted by Gasteiger charge is -2.13. The first-order valence-electron chi connectivity index (χ1n) is 4.41. The van der Waals surface area contributed by atoms with Crippen LogP contribution in [0.25, 0.3) is 0 Å². The van der Waals surface area contributed by atoms with Crippen molar-refractivity contribution in [1.82, 2.24) is 4.98 Å². The van der Waals surface area contributed by atoms with E-state index in [0.717, 1.165) is 5.69 Å². The van der Waals surface area contributed by atoms with Crippen LogP contribution in [0.1, 0.15) is 44.3 Å². The fourth-order valence-electron chi connectivity index (χ4n) is 0.914. The zero-order valence-corrected chi connectivity index (χ0v) is 9.40. The molecule has 13 heavy (non-hydrogen) atoms. The van der Waals surface area contributed by atoms with Crippen LogP contribution in [0.4, 0.5) is 0 Å². The summed E-state index contributed by atoms with van der Waals surface area (Å²) in [7, 11) is 0. The quantitative estimate of drug-likeness (QED) is 0.657. The van der Waals surface area contributed by atoms with Gasteiger partial charge in [0.05, 0.1) is 16.1 Å². The van der Waals surface area contributed by atoms with Crippen LogP contribution in [0.3, 0.4) is 0 Å². The van der Waals surface area contributed by atoms with Crippen molar-refractivity contribution >= 4 is 11.3 Å². The van der Waals surface area contributed by atoms with E-state index in [1.165, 1.54) is 5.01 Å². The molecule has 1 aromatic heterocycles. The Morgan fingerprint density at radius 2 is 2.15 bits per heavy atom. The van der Waals surface area contributed by atoms with Crippen LogP contribution in [0.15, 0.2) is 5.38 Å². The maximum atomic E-state index is 5.44. The summed E-state index contributed by atoms with van der Waals surface area (Å²) < 4.78 is 0. The van der Waals surface area contributed by atoms with E-state index >= 15 is 0 Å². The number of nitrogens with zero attached hydrogens (tertiary/aromatic N) is 1. The monoisotopic (exact) mass is 193 g/mol. The second-order valence-corrected chi connectivity index (χ2v) is 4.88. The fraction of sp³-hybridized carbons (Fsp3) is 0.545. The first-order chi connectivity index (χ1) is 5.97. The zero-order chi connectivity index (χ0) is 10.1. The van der Waals surface area contributed by atoms with Crippen molar-refractivity contribution in [1.29, 1.82) is 0 Å². The largest absolute Gasteiger partial charge is 0.244 e. The number of thiazole rings is 1. The van der Waals surface area contributed by atoms with Crippen molar-refractivity contribution in [2.75, 3.05) is 0 Å². The average Bonchev–Trinajstić information content (AvgIpc) is 2.52. The van der Waals surface area contributed by atoms with Crippen LogP contribution in [-0.2, 0) is 5.41 Å². The SMILES string of the molecule is C#CC(C)(C)c1csc(C(C)C)n1. The lowest BCUT2D eigenvalue weighted by molar-refractivity contribution is 0.668. The highest BCUT2D eigenvalue weighted by Gasteiger charge is 2.21. The number of hydrogen-bond donors (Lipinski definition) is 0. The predicted octanol–water partition coefficient (Wildman–Crippen LogP) is 3.18. The molecule has 0 bridgehead atoms. The molecular weight excluding hydrogens is 178 g/mol. The van der Waals surface area contributed by atoms with E-state index in [0.29, 0.717) is 5.92 Å².